The largest absolute Gasteiger partial charge is 0.340 e. The van der Waals surface area contributed by atoms with E-state index in [1.807, 2.05) is 11.9 Å². The Labute approximate surface area is 154 Å². The Morgan fingerprint density at radius 1 is 1.07 bits per heavy atom. The molecule has 3 heterocycles. The van der Waals surface area contributed by atoms with Crippen molar-refractivity contribution in [3.63, 3.8) is 0 Å². The number of aromatic amines is 1. The van der Waals surface area contributed by atoms with E-state index in [1.54, 1.807) is 0 Å². The number of halogens is 2. The van der Waals surface area contributed by atoms with Gasteiger partial charge < -0.3 is 15.1 Å². The highest BCUT2D eigenvalue weighted by Gasteiger charge is 2.34. The van der Waals surface area contributed by atoms with Crippen LogP contribution in [0.25, 0.3) is 0 Å². The van der Waals surface area contributed by atoms with E-state index in [-0.39, 0.29) is 23.4 Å². The number of hydrogen-bond acceptors (Lipinski definition) is 5. The molecule has 0 bridgehead atoms. The number of rotatable bonds is 2. The number of carbonyl (C=O) groups is 1. The fraction of sp³-hybridized carbons (Fsp3) is 0.389. The predicted molar refractivity (Wildman–Crippen MR) is 96.0 cm³/mol. The first-order valence-corrected chi connectivity index (χ1v) is 8.75. The van der Waals surface area contributed by atoms with E-state index in [0.29, 0.717) is 19.0 Å². The number of benzene rings is 1. The highest BCUT2D eigenvalue weighted by Crippen LogP contribution is 2.36. The number of hydrogen-bond donors (Lipinski definition) is 2. The summed E-state index contributed by atoms with van der Waals surface area (Å²) in [6.07, 6.45) is -0.219. The average Bonchev–Trinajstić information content (AvgIpc) is 2.61. The molecule has 1 amide bonds. The van der Waals surface area contributed by atoms with E-state index in [9.17, 15) is 18.4 Å². The van der Waals surface area contributed by atoms with Crippen molar-refractivity contribution >= 4 is 17.7 Å². The summed E-state index contributed by atoms with van der Waals surface area (Å²) in [5.74, 6) is -2.62. The number of aromatic nitrogens is 2. The number of nitrogens with zero attached hydrogens (tertiary/aromatic N) is 3. The smallest absolute Gasteiger partial charge is 0.258 e. The minimum Gasteiger partial charge on any atom is -0.340 e. The molecular weight excluding hydrogens is 356 g/mol. The monoisotopic (exact) mass is 375 g/mol. The van der Waals surface area contributed by atoms with Crippen LogP contribution in [0.5, 0.6) is 0 Å². The van der Waals surface area contributed by atoms with Crippen molar-refractivity contribution in [3.8, 4) is 0 Å². The molecule has 1 aromatic heterocycles. The molecule has 2 aromatic rings. The van der Waals surface area contributed by atoms with Gasteiger partial charge in [0.05, 0.1) is 5.56 Å². The Hall–Kier alpha value is -2.81. The number of H-pyrrole nitrogens is 1. The van der Waals surface area contributed by atoms with Gasteiger partial charge in [0.25, 0.3) is 5.56 Å². The first kappa shape index (κ1) is 17.6. The number of anilines is 2. The summed E-state index contributed by atoms with van der Waals surface area (Å²) in [5, 5.41) is 2.58. The average molecular weight is 375 g/mol. The lowest BCUT2D eigenvalue weighted by Crippen LogP contribution is -2.46. The van der Waals surface area contributed by atoms with Crippen LogP contribution in [0, 0.1) is 11.6 Å². The normalized spacial score (nSPS) is 20.3. The molecule has 0 unspecified atom stereocenters. The van der Waals surface area contributed by atoms with Gasteiger partial charge in [-0.05, 0) is 19.2 Å². The maximum absolute atomic E-state index is 14.3. The fourth-order valence-corrected chi connectivity index (χ4v) is 3.62. The fourth-order valence-electron chi connectivity index (χ4n) is 3.62. The molecule has 1 atom stereocenters. The van der Waals surface area contributed by atoms with Gasteiger partial charge in [0, 0.05) is 44.1 Å². The summed E-state index contributed by atoms with van der Waals surface area (Å²) in [5.41, 5.74) is -0.702. The summed E-state index contributed by atoms with van der Waals surface area (Å²) in [7, 11) is 2.01. The second kappa shape index (κ2) is 6.73. The van der Waals surface area contributed by atoms with E-state index in [1.165, 1.54) is 6.07 Å². The van der Waals surface area contributed by atoms with Crippen LogP contribution in [0.3, 0.4) is 0 Å². The van der Waals surface area contributed by atoms with E-state index >= 15 is 0 Å². The maximum atomic E-state index is 14.3. The van der Waals surface area contributed by atoms with Crippen molar-refractivity contribution < 1.29 is 13.6 Å². The van der Waals surface area contributed by atoms with Gasteiger partial charge in [-0.2, -0.15) is 4.98 Å². The van der Waals surface area contributed by atoms with Crippen LogP contribution >= 0.6 is 0 Å². The van der Waals surface area contributed by atoms with Crippen LogP contribution < -0.4 is 15.8 Å². The maximum Gasteiger partial charge on any atom is 0.258 e. The topological polar surface area (TPSA) is 81.3 Å². The molecule has 4 rings (SSSR count). The molecule has 1 aromatic carbocycles. The van der Waals surface area contributed by atoms with Crippen LogP contribution in [-0.4, -0.2) is 54.0 Å². The van der Waals surface area contributed by atoms with E-state index in [2.05, 4.69) is 20.2 Å². The highest BCUT2D eigenvalue weighted by molar-refractivity contribution is 5.94. The summed E-state index contributed by atoms with van der Waals surface area (Å²) < 4.78 is 28.6. The number of nitrogens with one attached hydrogen (secondary N) is 2. The second-order valence-electron chi connectivity index (χ2n) is 6.88. The van der Waals surface area contributed by atoms with Crippen LogP contribution in [0.15, 0.2) is 23.0 Å². The third-order valence-electron chi connectivity index (χ3n) is 5.09. The second-order valence-corrected chi connectivity index (χ2v) is 6.88. The Morgan fingerprint density at radius 2 is 1.74 bits per heavy atom. The molecule has 1 saturated heterocycles. The molecule has 2 N–H and O–H groups in total. The molecule has 0 spiro atoms. The van der Waals surface area contributed by atoms with E-state index < -0.39 is 29.0 Å². The number of amides is 1. The van der Waals surface area contributed by atoms with Crippen LogP contribution in [-0.2, 0) is 4.79 Å². The van der Waals surface area contributed by atoms with E-state index in [4.69, 9.17) is 0 Å². The predicted octanol–water partition coefficient (Wildman–Crippen LogP) is 1.27. The zero-order valence-corrected chi connectivity index (χ0v) is 14.8. The van der Waals surface area contributed by atoms with Gasteiger partial charge in [-0.1, -0.05) is 6.07 Å². The molecular formula is C18H19F2N5O2. The highest BCUT2D eigenvalue weighted by atomic mass is 19.1. The first-order valence-electron chi connectivity index (χ1n) is 8.75. The van der Waals surface area contributed by atoms with Crippen LogP contribution in [0.4, 0.5) is 20.5 Å². The first-order chi connectivity index (χ1) is 12.9. The minimum atomic E-state index is -1.02. The van der Waals surface area contributed by atoms with Crippen molar-refractivity contribution in [2.45, 2.75) is 12.3 Å². The number of piperazine rings is 1. The zero-order chi connectivity index (χ0) is 19.1. The van der Waals surface area contributed by atoms with Crippen LogP contribution in [0.1, 0.15) is 23.5 Å². The van der Waals surface area contributed by atoms with Crippen molar-refractivity contribution in [1.29, 1.82) is 0 Å². The third kappa shape index (κ3) is 3.18. The molecule has 2 aliphatic rings. The quantitative estimate of drug-likeness (QED) is 0.826. The number of carbonyl (C=O) groups excluding carboxylic acids is 1. The van der Waals surface area contributed by atoms with Gasteiger partial charge in [0.15, 0.2) is 0 Å². The lowest BCUT2D eigenvalue weighted by Gasteiger charge is -2.33. The van der Waals surface area contributed by atoms with Crippen molar-refractivity contribution in [2.24, 2.45) is 0 Å². The summed E-state index contributed by atoms with van der Waals surface area (Å²) in [4.78, 5) is 36.1. The van der Waals surface area contributed by atoms with Gasteiger partial charge in [0.2, 0.25) is 11.9 Å². The standard InChI is InChI=1S/C18H19F2N5O2/c1-24-5-7-25(8-6-24)18-22-16-15(17(27)23-18)10(9-13(26)21-16)14-11(19)3-2-4-12(14)20/h2-4,10H,5-9H2,1H3,(H2,21,22,23,26,27)/t10-/m0/s1. The van der Waals surface area contributed by atoms with Gasteiger partial charge in [-0.3, -0.25) is 14.6 Å². The molecule has 7 nitrogen and oxygen atoms in total. The summed E-state index contributed by atoms with van der Waals surface area (Å²) in [6.45, 7) is 2.99. The zero-order valence-electron chi connectivity index (χ0n) is 14.8. The lowest BCUT2D eigenvalue weighted by molar-refractivity contribution is -0.116. The van der Waals surface area contributed by atoms with E-state index in [0.717, 1.165) is 25.2 Å². The molecule has 0 saturated carbocycles. The summed E-state index contributed by atoms with van der Waals surface area (Å²) in [6, 6.07) is 3.48. The Balaban J connectivity index is 1.79. The molecule has 9 heteroatoms. The van der Waals surface area contributed by atoms with Gasteiger partial charge in [-0.15, -0.1) is 0 Å². The molecule has 27 heavy (non-hydrogen) atoms. The molecule has 0 aliphatic carbocycles. The van der Waals surface area contributed by atoms with Crippen molar-refractivity contribution in [1.82, 2.24) is 14.9 Å². The summed E-state index contributed by atoms with van der Waals surface area (Å²) >= 11 is 0. The molecule has 142 valence electrons. The molecule has 1 fully saturated rings. The van der Waals surface area contributed by atoms with Gasteiger partial charge in [-0.25, -0.2) is 8.78 Å². The Bertz CT molecular complexity index is 933. The van der Waals surface area contributed by atoms with Gasteiger partial charge in [0.1, 0.15) is 17.5 Å². The number of likely N-dealkylation sites (N-methyl/N-ethyl adjacent to an activating group) is 1. The van der Waals surface area contributed by atoms with Crippen molar-refractivity contribution in [3.05, 3.63) is 51.3 Å². The lowest BCUT2D eigenvalue weighted by atomic mass is 9.86. The van der Waals surface area contributed by atoms with Gasteiger partial charge >= 0.3 is 0 Å². The van der Waals surface area contributed by atoms with Crippen LogP contribution in [0.2, 0.25) is 0 Å². The SMILES string of the molecule is CN1CCN(c2nc3c(c(=O)[nH]2)[C@H](c2c(F)cccc2F)CC(=O)N3)CC1. The van der Waals surface area contributed by atoms with Crippen molar-refractivity contribution in [2.75, 3.05) is 43.4 Å². The molecule has 2 aliphatic heterocycles. The third-order valence-corrected chi connectivity index (χ3v) is 5.09. The molecule has 0 radical (unpaired) electrons. The number of fused-ring (bicyclic) bond motifs is 1. The minimum absolute atomic E-state index is 0.0663. The Kier molecular flexibility index (Phi) is 4.39. The Morgan fingerprint density at radius 3 is 2.41 bits per heavy atom.